The van der Waals surface area contributed by atoms with Gasteiger partial charge in [0.1, 0.15) is 11.8 Å². The molecule has 52 heavy (non-hydrogen) atoms. The SMILES string of the molecule is NS(=O)(=O)c1ccc(CCNC(=O)[C@H](Cc2ccc(O)cc2)NC(=O)CN2CCN(CC(=O)O)CCN(CC(=O)O)CCN(CC(=O)O)CC2)cc1. The first-order chi connectivity index (χ1) is 24.6. The molecular weight excluding hydrogens is 702 g/mol. The Balaban J connectivity index is 1.72. The fourth-order valence-corrected chi connectivity index (χ4v) is 6.12. The molecule has 0 saturated carbocycles. The fourth-order valence-electron chi connectivity index (χ4n) is 5.60. The van der Waals surface area contributed by atoms with E-state index in [1.807, 2.05) is 0 Å². The summed E-state index contributed by atoms with van der Waals surface area (Å²) in [7, 11) is -3.85. The number of phenolic OH excluding ortho intramolecular Hbond substituents is 1. The van der Waals surface area contributed by atoms with E-state index < -0.39 is 45.8 Å². The van der Waals surface area contributed by atoms with Crippen LogP contribution in [0.3, 0.4) is 0 Å². The van der Waals surface area contributed by atoms with Gasteiger partial charge in [-0.05, 0) is 41.8 Å². The Hall–Kier alpha value is -4.66. The van der Waals surface area contributed by atoms with Gasteiger partial charge in [0.15, 0.2) is 0 Å². The number of hydrogen-bond acceptors (Lipinski definition) is 12. The predicted octanol–water partition coefficient (Wildman–Crippen LogP) is -2.10. The van der Waals surface area contributed by atoms with E-state index in [1.54, 1.807) is 43.9 Å². The van der Waals surface area contributed by atoms with Crippen LogP contribution in [0.15, 0.2) is 53.4 Å². The summed E-state index contributed by atoms with van der Waals surface area (Å²) in [6.45, 7) is 0.866. The highest BCUT2D eigenvalue weighted by Crippen LogP contribution is 2.12. The molecule has 1 fully saturated rings. The van der Waals surface area contributed by atoms with Gasteiger partial charge in [0, 0.05) is 65.3 Å². The van der Waals surface area contributed by atoms with Gasteiger partial charge in [0.25, 0.3) is 0 Å². The van der Waals surface area contributed by atoms with E-state index in [4.69, 9.17) is 5.14 Å². The monoisotopic (exact) mass is 749 g/mol. The first-order valence-electron chi connectivity index (χ1n) is 16.6. The van der Waals surface area contributed by atoms with Gasteiger partial charge in [0.2, 0.25) is 21.8 Å². The number of amides is 2. The van der Waals surface area contributed by atoms with Crippen LogP contribution in [0.1, 0.15) is 11.1 Å². The molecule has 2 aromatic rings. The quantitative estimate of drug-likeness (QED) is 0.0970. The lowest BCUT2D eigenvalue weighted by molar-refractivity contribution is -0.140. The second-order valence-corrected chi connectivity index (χ2v) is 14.1. The van der Waals surface area contributed by atoms with Gasteiger partial charge in [-0.25, -0.2) is 13.6 Å². The highest BCUT2D eigenvalue weighted by molar-refractivity contribution is 7.89. The van der Waals surface area contributed by atoms with E-state index in [0.29, 0.717) is 12.0 Å². The van der Waals surface area contributed by atoms with Crippen molar-refractivity contribution >= 4 is 39.7 Å². The topological polar surface area (TPSA) is 263 Å². The average molecular weight is 750 g/mol. The number of carboxylic acids is 3. The van der Waals surface area contributed by atoms with Crippen molar-refractivity contribution in [3.63, 3.8) is 0 Å². The van der Waals surface area contributed by atoms with Crippen molar-refractivity contribution in [2.45, 2.75) is 23.8 Å². The lowest BCUT2D eigenvalue weighted by Crippen LogP contribution is -2.53. The summed E-state index contributed by atoms with van der Waals surface area (Å²) in [5, 5.41) is 48.8. The first kappa shape index (κ1) is 41.8. The maximum absolute atomic E-state index is 13.5. The summed E-state index contributed by atoms with van der Waals surface area (Å²) >= 11 is 0. The molecule has 0 aromatic heterocycles. The van der Waals surface area contributed by atoms with Crippen molar-refractivity contribution in [3.05, 3.63) is 59.7 Å². The first-order valence-corrected chi connectivity index (χ1v) is 18.1. The van der Waals surface area contributed by atoms with Crippen molar-refractivity contribution in [2.24, 2.45) is 5.14 Å². The van der Waals surface area contributed by atoms with Crippen molar-refractivity contribution in [1.29, 1.82) is 0 Å². The number of phenols is 1. The normalized spacial score (nSPS) is 16.6. The number of carbonyl (C=O) groups excluding carboxylic acids is 2. The van der Waals surface area contributed by atoms with E-state index in [-0.39, 0.29) is 102 Å². The van der Waals surface area contributed by atoms with Gasteiger partial charge in [0.05, 0.1) is 31.1 Å². The summed E-state index contributed by atoms with van der Waals surface area (Å²) in [4.78, 5) is 68.2. The van der Waals surface area contributed by atoms with Crippen molar-refractivity contribution in [3.8, 4) is 5.75 Å². The summed E-state index contributed by atoms with van der Waals surface area (Å²) in [6.07, 6.45) is 0.449. The second kappa shape index (κ2) is 20.4. The van der Waals surface area contributed by atoms with Crippen LogP contribution in [0.25, 0.3) is 0 Å². The molecule has 1 aliphatic heterocycles. The van der Waals surface area contributed by atoms with Gasteiger partial charge in [-0.3, -0.25) is 43.6 Å². The zero-order chi connectivity index (χ0) is 38.3. The highest BCUT2D eigenvalue weighted by Gasteiger charge is 2.25. The maximum atomic E-state index is 13.5. The second-order valence-electron chi connectivity index (χ2n) is 12.5. The van der Waals surface area contributed by atoms with Gasteiger partial charge in [-0.15, -0.1) is 0 Å². The van der Waals surface area contributed by atoms with Gasteiger partial charge in [-0.1, -0.05) is 24.3 Å². The number of benzene rings is 2. The molecule has 1 saturated heterocycles. The Kier molecular flexibility index (Phi) is 16.4. The molecular formula is C33H47N7O11S. The Bertz CT molecular complexity index is 1590. The number of sulfonamides is 1. The fraction of sp³-hybridized carbons (Fsp3) is 0.485. The van der Waals surface area contributed by atoms with Gasteiger partial charge < -0.3 is 31.1 Å². The standard InChI is InChI=1S/C33H47N7O11S/c34-52(50,51)27-7-3-24(4-8-27)9-10-35-33(49)28(19-25-1-5-26(41)6-2-25)36-29(42)20-37-11-13-38(21-30(43)44)15-17-40(23-32(47)48)18-16-39(14-12-37)22-31(45)46/h1-8,28,41H,9-23H2,(H,35,49)(H,36,42)(H,43,44)(H,45,46)(H,47,48)(H2,34,50,51)/t28-/m0/s1. The minimum Gasteiger partial charge on any atom is -0.508 e. The Morgan fingerprint density at radius 1 is 0.654 bits per heavy atom. The molecule has 1 atom stereocenters. The molecule has 0 aliphatic carbocycles. The van der Waals surface area contributed by atoms with E-state index in [2.05, 4.69) is 10.6 Å². The number of aromatic hydroxyl groups is 1. The molecule has 0 radical (unpaired) electrons. The van der Waals surface area contributed by atoms with Crippen LogP contribution in [-0.2, 0) is 46.8 Å². The smallest absolute Gasteiger partial charge is 0.317 e. The number of rotatable bonds is 16. The molecule has 8 N–H and O–H groups in total. The molecule has 1 aliphatic rings. The third kappa shape index (κ3) is 15.7. The summed E-state index contributed by atoms with van der Waals surface area (Å²) in [5.41, 5.74) is 1.40. The van der Waals surface area contributed by atoms with Crippen LogP contribution in [-0.4, -0.2) is 169 Å². The lowest BCUT2D eigenvalue weighted by atomic mass is 10.0. The van der Waals surface area contributed by atoms with E-state index in [0.717, 1.165) is 5.56 Å². The van der Waals surface area contributed by atoms with E-state index >= 15 is 0 Å². The average Bonchev–Trinajstić information content (AvgIpc) is 3.05. The summed E-state index contributed by atoms with van der Waals surface area (Å²) in [6, 6.07) is 11.0. The molecule has 286 valence electrons. The van der Waals surface area contributed by atoms with Gasteiger partial charge in [-0.2, -0.15) is 0 Å². The predicted molar refractivity (Wildman–Crippen MR) is 187 cm³/mol. The van der Waals surface area contributed by atoms with Crippen LogP contribution in [0.2, 0.25) is 0 Å². The molecule has 18 nitrogen and oxygen atoms in total. The number of nitrogens with two attached hydrogens (primary N) is 1. The zero-order valence-corrected chi connectivity index (χ0v) is 29.5. The van der Waals surface area contributed by atoms with Gasteiger partial charge >= 0.3 is 17.9 Å². The van der Waals surface area contributed by atoms with Crippen LogP contribution in [0, 0.1) is 0 Å². The summed E-state index contributed by atoms with van der Waals surface area (Å²) < 4.78 is 23.1. The van der Waals surface area contributed by atoms with E-state index in [9.17, 15) is 52.8 Å². The molecule has 1 heterocycles. The third-order valence-electron chi connectivity index (χ3n) is 8.37. The third-order valence-corrected chi connectivity index (χ3v) is 9.30. The molecule has 19 heteroatoms. The minimum atomic E-state index is -3.85. The molecule has 0 bridgehead atoms. The number of primary sulfonamides is 1. The summed E-state index contributed by atoms with van der Waals surface area (Å²) in [5.74, 6) is -4.17. The number of nitrogens with one attached hydrogen (secondary N) is 2. The van der Waals surface area contributed by atoms with Crippen LogP contribution >= 0.6 is 0 Å². The zero-order valence-electron chi connectivity index (χ0n) is 28.7. The van der Waals surface area contributed by atoms with E-state index in [1.165, 1.54) is 24.3 Å². The molecule has 2 aromatic carbocycles. The molecule has 0 spiro atoms. The largest absolute Gasteiger partial charge is 0.508 e. The Labute approximate surface area is 301 Å². The number of hydrogen-bond donors (Lipinski definition) is 7. The van der Waals surface area contributed by atoms with Crippen molar-refractivity contribution in [1.82, 2.24) is 30.2 Å². The number of nitrogens with zero attached hydrogens (tertiary/aromatic N) is 4. The minimum absolute atomic E-state index is 0.0287. The Morgan fingerprint density at radius 3 is 1.46 bits per heavy atom. The van der Waals surface area contributed by atoms with Crippen molar-refractivity contribution in [2.75, 3.05) is 85.1 Å². The highest BCUT2D eigenvalue weighted by atomic mass is 32.2. The van der Waals surface area contributed by atoms with Crippen LogP contribution in [0.4, 0.5) is 0 Å². The number of carboxylic acid groups (broad SMARTS) is 3. The van der Waals surface area contributed by atoms with Crippen molar-refractivity contribution < 1.29 is 52.8 Å². The lowest BCUT2D eigenvalue weighted by Gasteiger charge is -2.33. The van der Waals surface area contributed by atoms with Crippen LogP contribution < -0.4 is 15.8 Å². The maximum Gasteiger partial charge on any atom is 0.317 e. The molecule has 3 rings (SSSR count). The Morgan fingerprint density at radius 2 is 1.06 bits per heavy atom. The van der Waals surface area contributed by atoms with Crippen LogP contribution in [0.5, 0.6) is 5.75 Å². The molecule has 0 unspecified atom stereocenters. The number of carbonyl (C=O) groups is 5. The number of aliphatic carboxylic acids is 3. The molecule has 2 amide bonds.